The zero-order valence-electron chi connectivity index (χ0n) is 15.5. The van der Waals surface area contributed by atoms with Crippen molar-refractivity contribution in [3.63, 3.8) is 0 Å². The van der Waals surface area contributed by atoms with Crippen molar-refractivity contribution in [1.82, 2.24) is 0 Å². The number of para-hydroxylation sites is 2. The second-order valence-electron chi connectivity index (χ2n) is 5.80. The van der Waals surface area contributed by atoms with E-state index in [0.717, 1.165) is 26.2 Å². The van der Waals surface area contributed by atoms with Crippen molar-refractivity contribution in [2.24, 2.45) is 0 Å². The van der Waals surface area contributed by atoms with Crippen LogP contribution in [-0.2, 0) is 0 Å². The minimum absolute atomic E-state index is 1.03. The van der Waals surface area contributed by atoms with Crippen molar-refractivity contribution in [3.05, 3.63) is 59.7 Å². The fraction of sp³-hybridized carbons (Fsp3) is 0.364. The Balaban J connectivity index is 2.36. The smallest absolute Gasteiger partial charge is 0.0439 e. The maximum absolute atomic E-state index is 2.40. The van der Waals surface area contributed by atoms with Crippen LogP contribution >= 0.6 is 0 Å². The first kappa shape index (κ1) is 18.1. The maximum atomic E-state index is 2.40. The van der Waals surface area contributed by atoms with Gasteiger partial charge in [0.05, 0.1) is 0 Å². The van der Waals surface area contributed by atoms with Crippen molar-refractivity contribution in [2.45, 2.75) is 27.7 Å². The molecule has 2 nitrogen and oxygen atoms in total. The summed E-state index contributed by atoms with van der Waals surface area (Å²) in [6.07, 6.45) is 4.49. The van der Waals surface area contributed by atoms with Gasteiger partial charge in [-0.3, -0.25) is 0 Å². The average molecular weight is 322 g/mol. The van der Waals surface area contributed by atoms with Crippen LogP contribution in [0.15, 0.2) is 48.5 Å². The van der Waals surface area contributed by atoms with Crippen LogP contribution in [0.2, 0.25) is 0 Å². The van der Waals surface area contributed by atoms with Crippen molar-refractivity contribution in [3.8, 4) is 0 Å². The van der Waals surface area contributed by atoms with Crippen molar-refractivity contribution >= 4 is 23.5 Å². The Bertz CT molecular complexity index is 595. The van der Waals surface area contributed by atoms with Gasteiger partial charge >= 0.3 is 0 Å². The molecule has 0 N–H and O–H groups in total. The highest BCUT2D eigenvalue weighted by atomic mass is 15.1. The van der Waals surface area contributed by atoms with Crippen LogP contribution in [-0.4, -0.2) is 26.2 Å². The number of hydrogen-bond acceptors (Lipinski definition) is 2. The molecule has 0 aliphatic rings. The molecule has 128 valence electrons. The van der Waals surface area contributed by atoms with Crippen LogP contribution in [0.25, 0.3) is 12.2 Å². The maximum Gasteiger partial charge on any atom is 0.0439 e. The topological polar surface area (TPSA) is 6.48 Å². The SMILES string of the molecule is CCN(CC)c1ccccc1C=Cc1ccccc1N(CC)CC. The van der Waals surface area contributed by atoms with E-state index in [0.29, 0.717) is 0 Å². The molecule has 0 aromatic heterocycles. The third-order valence-corrected chi connectivity index (χ3v) is 4.52. The van der Waals surface area contributed by atoms with Crippen LogP contribution in [0, 0.1) is 0 Å². The van der Waals surface area contributed by atoms with Gasteiger partial charge in [0.25, 0.3) is 0 Å². The van der Waals surface area contributed by atoms with Gasteiger partial charge in [0.1, 0.15) is 0 Å². The monoisotopic (exact) mass is 322 g/mol. The third-order valence-electron chi connectivity index (χ3n) is 4.52. The summed E-state index contributed by atoms with van der Waals surface area (Å²) in [6, 6.07) is 17.3. The molecule has 0 radical (unpaired) electrons. The Morgan fingerprint density at radius 1 is 0.583 bits per heavy atom. The van der Waals surface area contributed by atoms with E-state index in [1.54, 1.807) is 0 Å². The first-order chi connectivity index (χ1) is 11.7. The molecule has 24 heavy (non-hydrogen) atoms. The molecule has 2 heteroatoms. The summed E-state index contributed by atoms with van der Waals surface area (Å²) in [7, 11) is 0. The highest BCUT2D eigenvalue weighted by molar-refractivity contribution is 5.81. The predicted molar refractivity (Wildman–Crippen MR) is 109 cm³/mol. The standard InChI is InChI=1S/C22H30N2/c1-5-23(6-2)21-15-11-9-13-19(21)17-18-20-14-10-12-16-22(20)24(7-3)8-4/h9-18H,5-8H2,1-4H3. The van der Waals surface area contributed by atoms with Gasteiger partial charge in [0.2, 0.25) is 0 Å². The summed E-state index contributed by atoms with van der Waals surface area (Å²) in [5.74, 6) is 0. The molecule has 0 bridgehead atoms. The van der Waals surface area contributed by atoms with Gasteiger partial charge in [-0.15, -0.1) is 0 Å². The quantitative estimate of drug-likeness (QED) is 0.588. The number of rotatable bonds is 8. The normalized spacial score (nSPS) is 11.0. The van der Waals surface area contributed by atoms with E-state index >= 15 is 0 Å². The summed E-state index contributed by atoms with van der Waals surface area (Å²) in [5.41, 5.74) is 5.16. The fourth-order valence-corrected chi connectivity index (χ4v) is 3.14. The van der Waals surface area contributed by atoms with Crippen molar-refractivity contribution in [2.75, 3.05) is 36.0 Å². The van der Waals surface area contributed by atoms with Gasteiger partial charge in [-0.2, -0.15) is 0 Å². The number of hydrogen-bond donors (Lipinski definition) is 0. The Morgan fingerprint density at radius 3 is 1.25 bits per heavy atom. The minimum atomic E-state index is 1.03. The van der Waals surface area contributed by atoms with E-state index in [4.69, 9.17) is 0 Å². The Hall–Kier alpha value is -2.22. The number of nitrogens with zero attached hydrogens (tertiary/aromatic N) is 2. The predicted octanol–water partition coefficient (Wildman–Crippen LogP) is 5.55. The molecule has 2 aromatic rings. The van der Waals surface area contributed by atoms with Gasteiger partial charge in [-0.25, -0.2) is 0 Å². The molecule has 0 unspecified atom stereocenters. The molecule has 0 heterocycles. The lowest BCUT2D eigenvalue weighted by molar-refractivity contribution is 0.865. The van der Waals surface area contributed by atoms with E-state index in [-0.39, 0.29) is 0 Å². The molecule has 0 saturated carbocycles. The molecule has 0 fully saturated rings. The number of benzene rings is 2. The molecule has 0 aliphatic heterocycles. The average Bonchev–Trinajstić information content (AvgIpc) is 2.64. The van der Waals surface area contributed by atoms with Crippen LogP contribution in [0.4, 0.5) is 11.4 Å². The molecule has 0 aliphatic carbocycles. The number of anilines is 2. The lowest BCUT2D eigenvalue weighted by Gasteiger charge is -2.24. The molecular weight excluding hydrogens is 292 g/mol. The van der Waals surface area contributed by atoms with E-state index in [1.807, 2.05) is 0 Å². The molecule has 0 atom stereocenters. The van der Waals surface area contributed by atoms with Crippen LogP contribution < -0.4 is 9.80 Å². The lowest BCUT2D eigenvalue weighted by Crippen LogP contribution is -2.22. The zero-order chi connectivity index (χ0) is 17.4. The van der Waals surface area contributed by atoms with Crippen LogP contribution in [0.5, 0.6) is 0 Å². The van der Waals surface area contributed by atoms with E-state index in [9.17, 15) is 0 Å². The van der Waals surface area contributed by atoms with E-state index in [2.05, 4.69) is 98.2 Å². The summed E-state index contributed by atoms with van der Waals surface area (Å²) < 4.78 is 0. The molecule has 2 rings (SSSR count). The van der Waals surface area contributed by atoms with Gasteiger partial charge in [-0.05, 0) is 51.0 Å². The summed E-state index contributed by atoms with van der Waals surface area (Å²) >= 11 is 0. The lowest BCUT2D eigenvalue weighted by atomic mass is 10.1. The van der Waals surface area contributed by atoms with Gasteiger partial charge in [0, 0.05) is 37.6 Å². The largest absolute Gasteiger partial charge is 0.372 e. The van der Waals surface area contributed by atoms with Gasteiger partial charge in [-0.1, -0.05) is 48.6 Å². The Morgan fingerprint density at radius 2 is 0.917 bits per heavy atom. The highest BCUT2D eigenvalue weighted by Crippen LogP contribution is 2.26. The highest BCUT2D eigenvalue weighted by Gasteiger charge is 2.07. The molecule has 0 saturated heterocycles. The second-order valence-corrected chi connectivity index (χ2v) is 5.80. The van der Waals surface area contributed by atoms with Crippen molar-refractivity contribution < 1.29 is 0 Å². The molecule has 0 amide bonds. The molecular formula is C22H30N2. The van der Waals surface area contributed by atoms with E-state index < -0.39 is 0 Å². The van der Waals surface area contributed by atoms with Crippen LogP contribution in [0.1, 0.15) is 38.8 Å². The summed E-state index contributed by atoms with van der Waals surface area (Å²) in [4.78, 5) is 4.80. The Kier molecular flexibility index (Phi) is 6.92. The second kappa shape index (κ2) is 9.17. The molecule has 0 spiro atoms. The summed E-state index contributed by atoms with van der Waals surface area (Å²) in [6.45, 7) is 12.9. The molecule has 2 aromatic carbocycles. The van der Waals surface area contributed by atoms with Crippen LogP contribution in [0.3, 0.4) is 0 Å². The zero-order valence-corrected chi connectivity index (χ0v) is 15.5. The van der Waals surface area contributed by atoms with E-state index in [1.165, 1.54) is 22.5 Å². The van der Waals surface area contributed by atoms with Crippen molar-refractivity contribution in [1.29, 1.82) is 0 Å². The first-order valence-electron chi connectivity index (χ1n) is 9.11. The first-order valence-corrected chi connectivity index (χ1v) is 9.11. The third kappa shape index (κ3) is 4.19. The fourth-order valence-electron chi connectivity index (χ4n) is 3.14. The Labute approximate surface area is 147 Å². The van der Waals surface area contributed by atoms with Gasteiger partial charge < -0.3 is 9.80 Å². The van der Waals surface area contributed by atoms with Gasteiger partial charge in [0.15, 0.2) is 0 Å². The minimum Gasteiger partial charge on any atom is -0.372 e. The summed E-state index contributed by atoms with van der Waals surface area (Å²) in [5, 5.41) is 0.